The van der Waals surface area contributed by atoms with E-state index in [1.165, 1.54) is 0 Å². The normalized spacial score (nSPS) is 12.1. The third-order valence-electron chi connectivity index (χ3n) is 2.94. The van der Waals surface area contributed by atoms with Gasteiger partial charge in [-0.25, -0.2) is 0 Å². The van der Waals surface area contributed by atoms with Crippen molar-refractivity contribution in [2.75, 3.05) is 13.2 Å². The first-order valence-electron chi connectivity index (χ1n) is 6.69. The number of aliphatic hydroxyl groups excluding tert-OH is 1. The van der Waals surface area contributed by atoms with Crippen molar-refractivity contribution >= 4 is 11.6 Å². The number of ether oxygens (including phenoxy) is 1. The van der Waals surface area contributed by atoms with Crippen LogP contribution < -0.4 is 10.1 Å². The van der Waals surface area contributed by atoms with Crippen LogP contribution in [0.5, 0.6) is 11.5 Å². The minimum absolute atomic E-state index is 0.190. The van der Waals surface area contributed by atoms with E-state index in [0.717, 1.165) is 5.56 Å². The lowest BCUT2D eigenvalue weighted by molar-refractivity contribution is 0.106. The van der Waals surface area contributed by atoms with Crippen molar-refractivity contribution in [3.05, 3.63) is 59.1 Å². The topological polar surface area (TPSA) is 61.7 Å². The van der Waals surface area contributed by atoms with Crippen LogP contribution >= 0.6 is 11.6 Å². The van der Waals surface area contributed by atoms with Crippen LogP contribution in [0.4, 0.5) is 0 Å². The number of aliphatic hydroxyl groups is 1. The van der Waals surface area contributed by atoms with Gasteiger partial charge in [-0.1, -0.05) is 29.8 Å². The molecule has 1 atom stereocenters. The van der Waals surface area contributed by atoms with Crippen LogP contribution in [-0.2, 0) is 6.54 Å². The van der Waals surface area contributed by atoms with Gasteiger partial charge in [-0.05, 0) is 30.3 Å². The molecule has 0 aliphatic heterocycles. The summed E-state index contributed by atoms with van der Waals surface area (Å²) in [7, 11) is 0. The Morgan fingerprint density at radius 2 is 1.81 bits per heavy atom. The zero-order valence-electron chi connectivity index (χ0n) is 11.5. The fourth-order valence-electron chi connectivity index (χ4n) is 1.82. The number of hydrogen-bond acceptors (Lipinski definition) is 4. The van der Waals surface area contributed by atoms with Crippen LogP contribution in [-0.4, -0.2) is 29.5 Å². The lowest BCUT2D eigenvalue weighted by Gasteiger charge is -2.13. The maximum atomic E-state index is 9.84. The summed E-state index contributed by atoms with van der Waals surface area (Å²) in [5.41, 5.74) is 0.795. The summed E-state index contributed by atoms with van der Waals surface area (Å²) in [4.78, 5) is 0. The van der Waals surface area contributed by atoms with E-state index >= 15 is 0 Å². The third-order valence-corrected chi connectivity index (χ3v) is 3.20. The minimum Gasteiger partial charge on any atom is -0.508 e. The average molecular weight is 308 g/mol. The third kappa shape index (κ3) is 5.27. The van der Waals surface area contributed by atoms with E-state index in [1.807, 2.05) is 12.1 Å². The molecule has 2 aromatic rings. The first-order chi connectivity index (χ1) is 10.1. The first kappa shape index (κ1) is 15.6. The Morgan fingerprint density at radius 1 is 1.10 bits per heavy atom. The van der Waals surface area contributed by atoms with Crippen LogP contribution in [0.15, 0.2) is 48.5 Å². The van der Waals surface area contributed by atoms with Crippen molar-refractivity contribution < 1.29 is 14.9 Å². The fourth-order valence-corrected chi connectivity index (χ4v) is 1.94. The second-order valence-corrected chi connectivity index (χ2v) is 5.11. The molecule has 0 bridgehead atoms. The molecule has 1 unspecified atom stereocenters. The van der Waals surface area contributed by atoms with E-state index in [1.54, 1.807) is 36.4 Å². The molecule has 5 heteroatoms. The highest BCUT2D eigenvalue weighted by Crippen LogP contribution is 2.16. The summed E-state index contributed by atoms with van der Waals surface area (Å²) in [6, 6.07) is 14.1. The summed E-state index contributed by atoms with van der Waals surface area (Å²) < 4.78 is 5.45. The number of hydrogen-bond donors (Lipinski definition) is 3. The lowest BCUT2D eigenvalue weighted by atomic mass is 10.2. The molecule has 4 nitrogen and oxygen atoms in total. The molecule has 3 N–H and O–H groups in total. The molecule has 0 spiro atoms. The number of rotatable bonds is 7. The summed E-state index contributed by atoms with van der Waals surface area (Å²) in [5.74, 6) is 0.913. The number of benzene rings is 2. The van der Waals surface area contributed by atoms with Gasteiger partial charge in [0.2, 0.25) is 0 Å². The fraction of sp³-hybridized carbons (Fsp3) is 0.250. The van der Waals surface area contributed by atoms with Gasteiger partial charge in [-0.3, -0.25) is 0 Å². The highest BCUT2D eigenvalue weighted by atomic mass is 35.5. The van der Waals surface area contributed by atoms with E-state index in [0.29, 0.717) is 23.9 Å². The standard InChI is InChI=1S/C16H18ClNO3/c17-13-5-7-15(8-6-13)21-11-14(19)10-18-9-12-3-1-2-4-16(12)20/h1-8,14,18-20H,9-11H2. The molecule has 2 aromatic carbocycles. The van der Waals surface area contributed by atoms with Gasteiger partial charge in [-0.2, -0.15) is 0 Å². The molecular weight excluding hydrogens is 290 g/mol. The van der Waals surface area contributed by atoms with Gasteiger partial charge < -0.3 is 20.3 Å². The predicted molar refractivity (Wildman–Crippen MR) is 82.8 cm³/mol. The number of aromatic hydroxyl groups is 1. The van der Waals surface area contributed by atoms with E-state index in [-0.39, 0.29) is 12.4 Å². The zero-order valence-corrected chi connectivity index (χ0v) is 12.3. The molecule has 21 heavy (non-hydrogen) atoms. The predicted octanol–water partition coefficient (Wildman–Crippen LogP) is 2.58. The van der Waals surface area contributed by atoms with Gasteiger partial charge >= 0.3 is 0 Å². The second-order valence-electron chi connectivity index (χ2n) is 4.68. The monoisotopic (exact) mass is 307 g/mol. The highest BCUT2D eigenvalue weighted by molar-refractivity contribution is 6.30. The van der Waals surface area contributed by atoms with Gasteiger partial charge in [0.1, 0.15) is 24.2 Å². The molecule has 2 rings (SSSR count). The maximum absolute atomic E-state index is 9.84. The molecule has 0 amide bonds. The quantitative estimate of drug-likeness (QED) is 0.736. The van der Waals surface area contributed by atoms with E-state index in [4.69, 9.17) is 16.3 Å². The Labute approximate surface area is 129 Å². The molecular formula is C16H18ClNO3. The van der Waals surface area contributed by atoms with Gasteiger partial charge in [0.25, 0.3) is 0 Å². The van der Waals surface area contributed by atoms with E-state index in [2.05, 4.69) is 5.32 Å². The number of phenols is 1. The van der Waals surface area contributed by atoms with Crippen molar-refractivity contribution in [2.45, 2.75) is 12.6 Å². The number of halogens is 1. The van der Waals surface area contributed by atoms with Crippen molar-refractivity contribution in [3.8, 4) is 11.5 Å². The Bertz CT molecular complexity index is 560. The van der Waals surface area contributed by atoms with Gasteiger partial charge in [-0.15, -0.1) is 0 Å². The highest BCUT2D eigenvalue weighted by Gasteiger charge is 2.06. The van der Waals surface area contributed by atoms with Crippen LogP contribution in [0, 0.1) is 0 Å². The largest absolute Gasteiger partial charge is 0.508 e. The molecule has 0 saturated heterocycles. The van der Waals surface area contributed by atoms with Crippen LogP contribution in [0.1, 0.15) is 5.56 Å². The number of phenolic OH excluding ortho intramolecular Hbond substituents is 1. The SMILES string of the molecule is Oc1ccccc1CNCC(O)COc1ccc(Cl)cc1. The molecule has 0 aliphatic carbocycles. The van der Waals surface area contributed by atoms with E-state index < -0.39 is 6.10 Å². The maximum Gasteiger partial charge on any atom is 0.120 e. The number of nitrogens with one attached hydrogen (secondary N) is 1. The Balaban J connectivity index is 1.69. The Hall–Kier alpha value is -1.75. The summed E-state index contributed by atoms with van der Waals surface area (Å²) in [6.07, 6.45) is -0.633. The van der Waals surface area contributed by atoms with E-state index in [9.17, 15) is 10.2 Å². The number of para-hydroxylation sites is 1. The summed E-state index contributed by atoms with van der Waals surface area (Å²) >= 11 is 5.78. The van der Waals surface area contributed by atoms with Gasteiger partial charge in [0, 0.05) is 23.7 Å². The van der Waals surface area contributed by atoms with Crippen molar-refractivity contribution in [1.82, 2.24) is 5.32 Å². The van der Waals surface area contributed by atoms with Crippen molar-refractivity contribution in [2.24, 2.45) is 0 Å². The van der Waals surface area contributed by atoms with Gasteiger partial charge in [0.15, 0.2) is 0 Å². The first-order valence-corrected chi connectivity index (χ1v) is 7.07. The minimum atomic E-state index is -0.633. The Kier molecular flexibility index (Phi) is 5.87. The molecule has 112 valence electrons. The smallest absolute Gasteiger partial charge is 0.120 e. The van der Waals surface area contributed by atoms with Crippen molar-refractivity contribution in [1.29, 1.82) is 0 Å². The van der Waals surface area contributed by atoms with Crippen molar-refractivity contribution in [3.63, 3.8) is 0 Å². The van der Waals surface area contributed by atoms with Crippen LogP contribution in [0.3, 0.4) is 0 Å². The van der Waals surface area contributed by atoms with Crippen LogP contribution in [0.2, 0.25) is 5.02 Å². The van der Waals surface area contributed by atoms with Gasteiger partial charge in [0.05, 0.1) is 0 Å². The molecule has 0 fully saturated rings. The zero-order chi connectivity index (χ0) is 15.1. The molecule has 0 saturated carbocycles. The molecule has 0 aliphatic rings. The average Bonchev–Trinajstić information content (AvgIpc) is 2.49. The molecule has 0 radical (unpaired) electrons. The molecule has 0 aromatic heterocycles. The lowest BCUT2D eigenvalue weighted by Crippen LogP contribution is -2.31. The summed E-state index contributed by atoms with van der Waals surface area (Å²) in [6.45, 7) is 1.06. The Morgan fingerprint density at radius 3 is 2.52 bits per heavy atom. The van der Waals surface area contributed by atoms with Crippen LogP contribution in [0.25, 0.3) is 0 Å². The second kappa shape index (κ2) is 7.88. The molecule has 0 heterocycles. The summed E-state index contributed by atoms with van der Waals surface area (Å²) in [5, 5.41) is 23.2.